The molecular weight excluding hydrogens is 762 g/mol. The minimum Gasteiger partial charge on any atom is -0.506 e. The number of likely N-dealkylation sites (N-methyl/N-ethyl adjacent to an activating group) is 1. The minimum atomic E-state index is -0.191. The lowest BCUT2D eigenvalue weighted by atomic mass is 10.1. The van der Waals surface area contributed by atoms with Crippen LogP contribution < -0.4 is 10.1 Å². The van der Waals surface area contributed by atoms with Gasteiger partial charge in [0, 0.05) is 0 Å². The molecule has 0 fully saturated rings. The van der Waals surface area contributed by atoms with Crippen LogP contribution in [0.3, 0.4) is 0 Å². The zero-order valence-corrected chi connectivity index (χ0v) is 21.1. The molecule has 1 atom stereocenters. The standard InChI is InChI=1S/C16H13I4NO3/c1-21-9(7-22)2-8-3-13(19)16(14(20)4-8)24-10-5-11(17)15(23)12(18)6-10/h3-7,9,21,23H,2H2,1H3. The molecule has 128 valence electrons. The van der Waals surface area contributed by atoms with E-state index in [1.165, 1.54) is 0 Å². The number of phenolic OH excluding ortho intramolecular Hbond substituents is 1. The minimum absolute atomic E-state index is 0.191. The Hall–Kier alpha value is 0.590. The molecule has 4 nitrogen and oxygen atoms in total. The molecule has 0 aliphatic carbocycles. The number of rotatable bonds is 6. The number of phenols is 1. The zero-order valence-electron chi connectivity index (χ0n) is 12.4. The number of hydrogen-bond donors (Lipinski definition) is 2. The van der Waals surface area contributed by atoms with Crippen molar-refractivity contribution < 1.29 is 14.6 Å². The second-order valence-electron chi connectivity index (χ2n) is 4.96. The second kappa shape index (κ2) is 9.50. The van der Waals surface area contributed by atoms with Gasteiger partial charge >= 0.3 is 0 Å². The highest BCUT2D eigenvalue weighted by atomic mass is 127. The molecule has 0 heterocycles. The molecule has 2 aromatic carbocycles. The van der Waals surface area contributed by atoms with Gasteiger partial charge in [-0.1, -0.05) is 0 Å². The molecule has 0 aliphatic heterocycles. The molecule has 0 aromatic heterocycles. The van der Waals surface area contributed by atoms with Gasteiger partial charge in [0.1, 0.15) is 17.8 Å². The van der Waals surface area contributed by atoms with E-state index in [0.717, 1.165) is 31.9 Å². The largest absolute Gasteiger partial charge is 0.506 e. The van der Waals surface area contributed by atoms with Crippen molar-refractivity contribution in [2.45, 2.75) is 12.5 Å². The van der Waals surface area contributed by atoms with Gasteiger partial charge in [0.25, 0.3) is 0 Å². The normalized spacial score (nSPS) is 12.0. The third-order valence-electron chi connectivity index (χ3n) is 3.26. The Morgan fingerprint density at radius 2 is 1.62 bits per heavy atom. The number of halogens is 4. The molecule has 0 amide bonds. The first-order valence-corrected chi connectivity index (χ1v) is 11.1. The highest BCUT2D eigenvalue weighted by Crippen LogP contribution is 2.36. The fraction of sp³-hybridized carbons (Fsp3) is 0.188. The molecule has 0 aliphatic rings. The van der Waals surface area contributed by atoms with Crippen molar-refractivity contribution in [2.24, 2.45) is 0 Å². The first-order valence-electron chi connectivity index (χ1n) is 6.82. The number of carbonyl (C=O) groups excluding carboxylic acids is 1. The van der Waals surface area contributed by atoms with Crippen molar-refractivity contribution in [2.75, 3.05) is 7.05 Å². The highest BCUT2D eigenvalue weighted by Gasteiger charge is 2.14. The van der Waals surface area contributed by atoms with Gasteiger partial charge in [0.05, 0.1) is 20.3 Å². The van der Waals surface area contributed by atoms with Gasteiger partial charge in [0.15, 0.2) is 5.75 Å². The van der Waals surface area contributed by atoms with Crippen molar-refractivity contribution in [3.8, 4) is 17.2 Å². The van der Waals surface area contributed by atoms with E-state index >= 15 is 0 Å². The molecular formula is C16H13I4NO3. The fourth-order valence-corrected chi connectivity index (χ4v) is 5.85. The molecule has 2 aromatic rings. The Labute approximate surface area is 195 Å². The average molecular weight is 775 g/mol. The van der Waals surface area contributed by atoms with Gasteiger partial charge < -0.3 is 20.0 Å². The van der Waals surface area contributed by atoms with Crippen LogP contribution in [0.1, 0.15) is 5.56 Å². The first kappa shape index (κ1) is 20.9. The summed E-state index contributed by atoms with van der Waals surface area (Å²) < 4.78 is 9.51. The maximum atomic E-state index is 11.0. The lowest BCUT2D eigenvalue weighted by Gasteiger charge is -2.15. The fourth-order valence-electron chi connectivity index (χ4n) is 2.02. The van der Waals surface area contributed by atoms with E-state index in [1.807, 2.05) is 24.3 Å². The molecule has 2 N–H and O–H groups in total. The van der Waals surface area contributed by atoms with Crippen LogP contribution in [0.5, 0.6) is 17.2 Å². The number of benzene rings is 2. The lowest BCUT2D eigenvalue weighted by Crippen LogP contribution is -2.28. The number of hydrogen-bond acceptors (Lipinski definition) is 4. The van der Waals surface area contributed by atoms with Crippen LogP contribution in [0.15, 0.2) is 24.3 Å². The Morgan fingerprint density at radius 3 is 2.08 bits per heavy atom. The van der Waals surface area contributed by atoms with E-state index in [4.69, 9.17) is 4.74 Å². The van der Waals surface area contributed by atoms with Crippen LogP contribution in [-0.4, -0.2) is 24.5 Å². The number of aromatic hydroxyl groups is 1. The Balaban J connectivity index is 2.30. The van der Waals surface area contributed by atoms with E-state index in [2.05, 4.69) is 95.7 Å². The summed E-state index contributed by atoms with van der Waals surface area (Å²) in [5.74, 6) is 1.74. The number of carbonyl (C=O) groups is 1. The van der Waals surface area contributed by atoms with Gasteiger partial charge in [-0.3, -0.25) is 0 Å². The van der Waals surface area contributed by atoms with Crippen molar-refractivity contribution in [1.82, 2.24) is 5.32 Å². The van der Waals surface area contributed by atoms with Crippen molar-refractivity contribution >= 4 is 96.6 Å². The third kappa shape index (κ3) is 5.30. The Kier molecular flexibility index (Phi) is 8.27. The summed E-state index contributed by atoms with van der Waals surface area (Å²) in [6.07, 6.45) is 1.56. The monoisotopic (exact) mass is 775 g/mol. The van der Waals surface area contributed by atoms with Crippen LogP contribution in [0.2, 0.25) is 0 Å². The predicted octanol–water partition coefficient (Wildman–Crippen LogP) is 4.93. The van der Waals surface area contributed by atoms with E-state index in [1.54, 1.807) is 7.05 Å². The molecule has 8 heteroatoms. The summed E-state index contributed by atoms with van der Waals surface area (Å²) >= 11 is 8.65. The predicted molar refractivity (Wildman–Crippen MR) is 128 cm³/mol. The number of aldehydes is 1. The molecule has 0 saturated carbocycles. The van der Waals surface area contributed by atoms with E-state index in [9.17, 15) is 9.90 Å². The molecule has 1 unspecified atom stereocenters. The van der Waals surface area contributed by atoms with E-state index in [0.29, 0.717) is 12.2 Å². The molecule has 0 radical (unpaired) electrons. The van der Waals surface area contributed by atoms with Crippen molar-refractivity contribution in [3.63, 3.8) is 0 Å². The van der Waals surface area contributed by atoms with Crippen LogP contribution in [-0.2, 0) is 11.2 Å². The summed E-state index contributed by atoms with van der Waals surface area (Å²) in [6, 6.07) is 7.48. The van der Waals surface area contributed by atoms with Crippen LogP contribution >= 0.6 is 90.4 Å². The van der Waals surface area contributed by atoms with Crippen LogP contribution in [0.25, 0.3) is 0 Å². The summed E-state index contributed by atoms with van der Waals surface area (Å²) in [4.78, 5) is 11.0. The van der Waals surface area contributed by atoms with Crippen molar-refractivity contribution in [1.29, 1.82) is 0 Å². The molecule has 0 spiro atoms. The smallest absolute Gasteiger partial charge is 0.154 e. The zero-order chi connectivity index (χ0) is 17.9. The summed E-state index contributed by atoms with van der Waals surface area (Å²) in [7, 11) is 1.78. The maximum Gasteiger partial charge on any atom is 0.154 e. The van der Waals surface area contributed by atoms with Gasteiger partial charge in [-0.05, 0) is 134 Å². The molecule has 24 heavy (non-hydrogen) atoms. The quantitative estimate of drug-likeness (QED) is 0.323. The van der Waals surface area contributed by atoms with Gasteiger partial charge in [-0.2, -0.15) is 0 Å². The van der Waals surface area contributed by atoms with E-state index in [-0.39, 0.29) is 11.8 Å². The average Bonchev–Trinajstić information content (AvgIpc) is 2.53. The lowest BCUT2D eigenvalue weighted by molar-refractivity contribution is -0.109. The van der Waals surface area contributed by atoms with Gasteiger partial charge in [-0.25, -0.2) is 0 Å². The van der Waals surface area contributed by atoms with Gasteiger partial charge in [-0.15, -0.1) is 0 Å². The Morgan fingerprint density at radius 1 is 1.08 bits per heavy atom. The Bertz CT molecular complexity index is 721. The maximum absolute atomic E-state index is 11.0. The topological polar surface area (TPSA) is 58.6 Å². The first-order chi connectivity index (χ1) is 11.3. The number of nitrogens with one attached hydrogen (secondary N) is 1. The molecule has 2 rings (SSSR count). The summed E-state index contributed by atoms with van der Waals surface area (Å²) in [5.41, 5.74) is 1.08. The summed E-state index contributed by atoms with van der Waals surface area (Å²) in [5, 5.41) is 12.8. The summed E-state index contributed by atoms with van der Waals surface area (Å²) in [6.45, 7) is 0. The van der Waals surface area contributed by atoms with Crippen molar-refractivity contribution in [3.05, 3.63) is 44.1 Å². The molecule has 0 bridgehead atoms. The number of ether oxygens (including phenoxy) is 1. The van der Waals surface area contributed by atoms with Crippen LogP contribution in [0, 0.1) is 14.3 Å². The third-order valence-corrected chi connectivity index (χ3v) is 6.51. The second-order valence-corrected chi connectivity index (χ2v) is 9.61. The highest BCUT2D eigenvalue weighted by molar-refractivity contribution is 14.1. The SMILES string of the molecule is CNC(C=O)Cc1cc(I)c(Oc2cc(I)c(O)c(I)c2)c(I)c1. The van der Waals surface area contributed by atoms with E-state index < -0.39 is 0 Å². The van der Waals surface area contributed by atoms with Crippen LogP contribution in [0.4, 0.5) is 0 Å². The molecule has 0 saturated heterocycles. The van der Waals surface area contributed by atoms with Gasteiger partial charge in [0.2, 0.25) is 0 Å².